The Hall–Kier alpha value is -0.696. The van der Waals surface area contributed by atoms with Gasteiger partial charge >= 0.3 is 5.97 Å². The van der Waals surface area contributed by atoms with Gasteiger partial charge in [-0.15, -0.1) is 0 Å². The van der Waals surface area contributed by atoms with E-state index in [0.29, 0.717) is 12.5 Å². The lowest BCUT2D eigenvalue weighted by molar-refractivity contribution is -0.137. The maximum atomic E-state index is 11.0. The zero-order chi connectivity index (χ0) is 29.5. The van der Waals surface area contributed by atoms with Crippen molar-refractivity contribution < 1.29 is 18.8 Å². The van der Waals surface area contributed by atoms with E-state index in [0.717, 1.165) is 25.7 Å². The summed E-state index contributed by atoms with van der Waals surface area (Å²) in [5, 5.41) is 9.40. The number of hydrogen-bond donors (Lipinski definition) is 1. The first-order chi connectivity index (χ1) is 17.4. The van der Waals surface area contributed by atoms with Crippen molar-refractivity contribution in [3.8, 4) is 0 Å². The van der Waals surface area contributed by atoms with Crippen LogP contribution in [0.15, 0.2) is 24.3 Å². The molecule has 38 heavy (non-hydrogen) atoms. The van der Waals surface area contributed by atoms with Crippen molar-refractivity contribution in [1.29, 1.82) is 0 Å². The van der Waals surface area contributed by atoms with E-state index in [4.69, 9.17) is 14.0 Å². The summed E-state index contributed by atoms with van der Waals surface area (Å²) in [6, 6.07) is 0. The molecule has 0 radical (unpaired) electrons. The number of carbonyl (C=O) groups is 1. The van der Waals surface area contributed by atoms with Crippen LogP contribution in [0.25, 0.3) is 0 Å². The molecular weight excluding hydrogens is 505 g/mol. The van der Waals surface area contributed by atoms with E-state index in [9.17, 15) is 4.79 Å². The fourth-order valence-electron chi connectivity index (χ4n) is 3.86. The van der Waals surface area contributed by atoms with Crippen molar-refractivity contribution in [3.05, 3.63) is 24.3 Å². The predicted molar refractivity (Wildman–Crippen MR) is 171 cm³/mol. The largest absolute Gasteiger partial charge is 0.481 e. The van der Waals surface area contributed by atoms with Crippen molar-refractivity contribution in [1.82, 2.24) is 0 Å². The van der Waals surface area contributed by atoms with Crippen LogP contribution in [0.3, 0.4) is 0 Å². The van der Waals surface area contributed by atoms with Gasteiger partial charge in [-0.25, -0.2) is 0 Å². The summed E-state index contributed by atoms with van der Waals surface area (Å²) >= 11 is 0. The van der Waals surface area contributed by atoms with Gasteiger partial charge in [0, 0.05) is 12.5 Å². The quantitative estimate of drug-likeness (QED) is 0.0901. The van der Waals surface area contributed by atoms with Crippen LogP contribution in [0, 0.1) is 0 Å². The minimum Gasteiger partial charge on any atom is -0.481 e. The van der Waals surface area contributed by atoms with Crippen LogP contribution in [0.5, 0.6) is 0 Å². The molecular formula is C32H64O4Si2. The first-order valence-corrected chi connectivity index (χ1v) is 21.2. The molecule has 0 bridgehead atoms. The lowest BCUT2D eigenvalue weighted by Crippen LogP contribution is -2.43. The molecule has 1 N–H and O–H groups in total. The highest BCUT2D eigenvalue weighted by Crippen LogP contribution is 2.39. The van der Waals surface area contributed by atoms with Crippen LogP contribution in [-0.4, -0.2) is 39.9 Å². The van der Waals surface area contributed by atoms with Crippen molar-refractivity contribution >= 4 is 22.6 Å². The fourth-order valence-corrected chi connectivity index (χ4v) is 6.59. The molecule has 0 saturated heterocycles. The molecule has 2 atom stereocenters. The van der Waals surface area contributed by atoms with Crippen LogP contribution in [0.2, 0.25) is 36.3 Å². The Labute approximate surface area is 239 Å². The Kier molecular flexibility index (Phi) is 17.6. The van der Waals surface area contributed by atoms with E-state index >= 15 is 0 Å². The Morgan fingerprint density at radius 2 is 1.32 bits per heavy atom. The van der Waals surface area contributed by atoms with Gasteiger partial charge in [0.1, 0.15) is 0 Å². The van der Waals surface area contributed by atoms with Gasteiger partial charge in [-0.3, -0.25) is 4.79 Å². The topological polar surface area (TPSA) is 55.8 Å². The van der Waals surface area contributed by atoms with E-state index in [1.165, 1.54) is 38.5 Å². The molecule has 0 aliphatic heterocycles. The highest BCUT2D eigenvalue weighted by Gasteiger charge is 2.39. The monoisotopic (exact) mass is 568 g/mol. The molecule has 0 saturated carbocycles. The first-order valence-electron chi connectivity index (χ1n) is 15.3. The number of carboxylic acid groups (broad SMARTS) is 1. The second kappa shape index (κ2) is 17.9. The molecule has 0 heterocycles. The maximum absolute atomic E-state index is 11.0. The number of rotatable bonds is 20. The molecule has 0 aromatic heterocycles. The van der Waals surface area contributed by atoms with Gasteiger partial charge in [-0.1, -0.05) is 111 Å². The highest BCUT2D eigenvalue weighted by atomic mass is 28.4. The second-order valence-corrected chi connectivity index (χ2v) is 23.7. The average molecular weight is 569 g/mol. The van der Waals surface area contributed by atoms with Crippen LogP contribution in [-0.2, 0) is 13.6 Å². The van der Waals surface area contributed by atoms with Crippen LogP contribution >= 0.6 is 0 Å². The summed E-state index contributed by atoms with van der Waals surface area (Å²) in [6.45, 7) is 25.2. The molecule has 4 nitrogen and oxygen atoms in total. The van der Waals surface area contributed by atoms with Crippen molar-refractivity contribution in [2.24, 2.45) is 0 Å². The zero-order valence-corrected chi connectivity index (χ0v) is 29.1. The van der Waals surface area contributed by atoms with Gasteiger partial charge in [0.2, 0.25) is 0 Å². The van der Waals surface area contributed by atoms with E-state index in [1.54, 1.807) is 0 Å². The average Bonchev–Trinajstić information content (AvgIpc) is 2.75. The van der Waals surface area contributed by atoms with Gasteiger partial charge in [0.25, 0.3) is 0 Å². The first kappa shape index (κ1) is 37.3. The SMILES string of the molecule is CCCCCCCC[C@@H](CC/C=C/C=C\[C@H](CCCC(=O)O)O[Si](C)(C)C(C)(C)C)O[Si](C)(C)C(C)(C)C. The highest BCUT2D eigenvalue weighted by molar-refractivity contribution is 6.74. The minimum absolute atomic E-state index is 0.0396. The van der Waals surface area contributed by atoms with Crippen molar-refractivity contribution in [2.75, 3.05) is 0 Å². The molecule has 0 aliphatic carbocycles. The second-order valence-electron chi connectivity index (χ2n) is 14.1. The smallest absolute Gasteiger partial charge is 0.303 e. The van der Waals surface area contributed by atoms with Gasteiger partial charge in [-0.2, -0.15) is 0 Å². The maximum Gasteiger partial charge on any atom is 0.303 e. The lowest BCUT2D eigenvalue weighted by Gasteiger charge is -2.39. The van der Waals surface area contributed by atoms with E-state index in [2.05, 4.69) is 99.0 Å². The Balaban J connectivity index is 5.08. The molecule has 6 heteroatoms. The standard InChI is InChI=1S/C32H64O4Si2/c1-12-13-14-15-16-19-23-28(35-37(8,9)31(2,3)4)24-20-17-18-21-25-29(26-22-27-30(33)34)36-38(10,11)32(5,6)7/h17-18,21,25,28-29H,12-16,19-20,22-24,26-27H2,1-11H3,(H,33,34)/b18-17+,25-21-/t28-,29+/m0/s1. The fraction of sp³-hybridized carbons (Fsp3) is 0.844. The van der Waals surface area contributed by atoms with Crippen LogP contribution in [0.1, 0.15) is 126 Å². The molecule has 0 aromatic carbocycles. The Morgan fingerprint density at radius 1 is 0.763 bits per heavy atom. The minimum atomic E-state index is -1.93. The number of hydrogen-bond acceptors (Lipinski definition) is 3. The number of aliphatic carboxylic acids is 1. The summed E-state index contributed by atoms with van der Waals surface area (Å²) in [7, 11) is -3.72. The Morgan fingerprint density at radius 3 is 1.87 bits per heavy atom. The Bertz CT molecular complexity index is 699. The molecule has 0 amide bonds. The molecule has 0 spiro atoms. The van der Waals surface area contributed by atoms with Gasteiger partial charge in [0.15, 0.2) is 16.6 Å². The number of allylic oxidation sites excluding steroid dienone is 3. The van der Waals surface area contributed by atoms with Gasteiger partial charge in [0.05, 0.1) is 6.10 Å². The predicted octanol–water partition coefficient (Wildman–Crippen LogP) is 10.7. The molecule has 0 aliphatic rings. The molecule has 0 aromatic rings. The summed E-state index contributed by atoms with van der Waals surface area (Å²) in [5.74, 6) is -0.740. The van der Waals surface area contributed by atoms with Gasteiger partial charge in [-0.05, 0) is 68.4 Å². The van der Waals surface area contributed by atoms with Crippen molar-refractivity contribution in [3.63, 3.8) is 0 Å². The van der Waals surface area contributed by atoms with Gasteiger partial charge < -0.3 is 14.0 Å². The summed E-state index contributed by atoms with van der Waals surface area (Å²) < 4.78 is 13.5. The number of carboxylic acids is 1. The molecule has 0 fully saturated rings. The summed E-state index contributed by atoms with van der Waals surface area (Å²) in [5.41, 5.74) is 0. The summed E-state index contributed by atoms with van der Waals surface area (Å²) in [4.78, 5) is 11.0. The molecule has 0 unspecified atom stereocenters. The van der Waals surface area contributed by atoms with Crippen molar-refractivity contribution in [2.45, 2.75) is 174 Å². The van der Waals surface area contributed by atoms with Crippen LogP contribution < -0.4 is 0 Å². The van der Waals surface area contributed by atoms with E-state index < -0.39 is 22.6 Å². The third-order valence-electron chi connectivity index (χ3n) is 8.51. The third-order valence-corrected chi connectivity index (χ3v) is 17.5. The number of unbranched alkanes of at least 4 members (excludes halogenated alkanes) is 5. The summed E-state index contributed by atoms with van der Waals surface area (Å²) in [6.07, 6.45) is 21.6. The van der Waals surface area contributed by atoms with Crippen LogP contribution in [0.4, 0.5) is 0 Å². The third kappa shape index (κ3) is 16.4. The molecule has 0 rings (SSSR count). The van der Waals surface area contributed by atoms with E-state index in [-0.39, 0.29) is 22.6 Å². The normalized spacial score (nSPS) is 15.4. The zero-order valence-electron chi connectivity index (χ0n) is 27.1. The lowest BCUT2D eigenvalue weighted by atomic mass is 10.0. The molecule has 224 valence electrons. The van der Waals surface area contributed by atoms with E-state index in [1.807, 2.05) is 0 Å².